The summed E-state index contributed by atoms with van der Waals surface area (Å²) < 4.78 is 10.7. The molecule has 3 nitrogen and oxygen atoms in total. The maximum Gasteiger partial charge on any atom is 0.143 e. The maximum atomic E-state index is 6.13. The number of anilines is 1. The minimum absolute atomic E-state index is 0.568. The van der Waals surface area contributed by atoms with Crippen molar-refractivity contribution in [3.8, 4) is 11.5 Å². The number of benzene rings is 1. The van der Waals surface area contributed by atoms with Crippen molar-refractivity contribution in [2.75, 3.05) is 19.5 Å². The molecule has 0 heterocycles. The SMILES string of the molecule is COc1cc(NC2CC3CCC2C3)c(OC)cc1Cl. The van der Waals surface area contributed by atoms with Gasteiger partial charge in [0.25, 0.3) is 0 Å². The zero-order valence-electron chi connectivity index (χ0n) is 11.4. The Morgan fingerprint density at radius 3 is 2.47 bits per heavy atom. The highest BCUT2D eigenvalue weighted by molar-refractivity contribution is 6.32. The highest BCUT2D eigenvalue weighted by atomic mass is 35.5. The standard InChI is InChI=1S/C15H20ClNO2/c1-18-14-8-13(15(19-2)7-11(14)16)17-12-6-9-3-4-10(12)5-9/h7-10,12,17H,3-6H2,1-2H3. The summed E-state index contributed by atoms with van der Waals surface area (Å²) in [7, 11) is 3.30. The average molecular weight is 282 g/mol. The molecular weight excluding hydrogens is 262 g/mol. The highest BCUT2D eigenvalue weighted by Gasteiger charge is 2.39. The van der Waals surface area contributed by atoms with Crippen LogP contribution >= 0.6 is 11.6 Å². The maximum absolute atomic E-state index is 6.13. The molecule has 3 rings (SSSR count). The summed E-state index contributed by atoms with van der Waals surface area (Å²) in [6.07, 6.45) is 5.42. The molecule has 4 heteroatoms. The smallest absolute Gasteiger partial charge is 0.143 e. The van der Waals surface area contributed by atoms with Crippen LogP contribution < -0.4 is 14.8 Å². The predicted octanol–water partition coefficient (Wildman–Crippen LogP) is 3.96. The Bertz CT molecular complexity index is 477. The molecule has 3 atom stereocenters. The van der Waals surface area contributed by atoms with Gasteiger partial charge in [0.05, 0.1) is 24.9 Å². The van der Waals surface area contributed by atoms with Gasteiger partial charge in [-0.25, -0.2) is 0 Å². The van der Waals surface area contributed by atoms with Gasteiger partial charge in [-0.3, -0.25) is 0 Å². The molecule has 0 radical (unpaired) electrons. The van der Waals surface area contributed by atoms with Gasteiger partial charge in [0.2, 0.25) is 0 Å². The lowest BCUT2D eigenvalue weighted by Gasteiger charge is -2.25. The lowest BCUT2D eigenvalue weighted by atomic mass is 9.95. The molecule has 1 aromatic rings. The first-order chi connectivity index (χ1) is 9.21. The lowest BCUT2D eigenvalue weighted by molar-refractivity contribution is 0.401. The molecule has 2 saturated carbocycles. The quantitative estimate of drug-likeness (QED) is 0.906. The summed E-state index contributed by atoms with van der Waals surface area (Å²) in [5.74, 6) is 3.21. The molecule has 1 aromatic carbocycles. The monoisotopic (exact) mass is 281 g/mol. The van der Waals surface area contributed by atoms with Crippen LogP contribution in [0.1, 0.15) is 25.7 Å². The second-order valence-corrected chi connectivity index (χ2v) is 6.02. The fraction of sp³-hybridized carbons (Fsp3) is 0.600. The summed E-state index contributed by atoms with van der Waals surface area (Å²) in [6, 6.07) is 4.32. The van der Waals surface area contributed by atoms with E-state index in [1.807, 2.05) is 12.1 Å². The summed E-state index contributed by atoms with van der Waals surface area (Å²) in [6.45, 7) is 0. The second kappa shape index (κ2) is 5.12. The number of hydrogen-bond acceptors (Lipinski definition) is 3. The third-order valence-electron chi connectivity index (χ3n) is 4.55. The molecule has 2 aliphatic rings. The highest BCUT2D eigenvalue weighted by Crippen LogP contribution is 2.46. The third-order valence-corrected chi connectivity index (χ3v) is 4.85. The minimum atomic E-state index is 0.568. The molecule has 2 aliphatic carbocycles. The third kappa shape index (κ3) is 2.36. The number of methoxy groups -OCH3 is 2. The summed E-state index contributed by atoms with van der Waals surface area (Å²) in [5.41, 5.74) is 0.987. The molecule has 1 N–H and O–H groups in total. The molecule has 19 heavy (non-hydrogen) atoms. The Morgan fingerprint density at radius 2 is 1.89 bits per heavy atom. The molecule has 0 aromatic heterocycles. The lowest BCUT2D eigenvalue weighted by Crippen LogP contribution is -2.26. The Balaban J connectivity index is 1.83. The van der Waals surface area contributed by atoms with E-state index in [0.29, 0.717) is 16.8 Å². The Labute approximate surface area is 119 Å². The van der Waals surface area contributed by atoms with Crippen molar-refractivity contribution in [2.45, 2.75) is 31.7 Å². The van der Waals surface area contributed by atoms with Crippen molar-refractivity contribution in [1.82, 2.24) is 0 Å². The Morgan fingerprint density at radius 1 is 1.11 bits per heavy atom. The Hall–Kier alpha value is -1.09. The zero-order valence-corrected chi connectivity index (χ0v) is 12.2. The van der Waals surface area contributed by atoms with Gasteiger partial charge < -0.3 is 14.8 Å². The topological polar surface area (TPSA) is 30.5 Å². The number of halogens is 1. The van der Waals surface area contributed by atoms with Gasteiger partial charge in [0.1, 0.15) is 11.5 Å². The van der Waals surface area contributed by atoms with Crippen LogP contribution in [-0.4, -0.2) is 20.3 Å². The largest absolute Gasteiger partial charge is 0.495 e. The molecule has 0 spiro atoms. The number of nitrogens with one attached hydrogen (secondary N) is 1. The first kappa shape index (κ1) is 12.9. The van der Waals surface area contributed by atoms with Gasteiger partial charge in [-0.05, 0) is 31.1 Å². The first-order valence-electron chi connectivity index (χ1n) is 6.89. The van der Waals surface area contributed by atoms with Crippen LogP contribution in [0.3, 0.4) is 0 Å². The summed E-state index contributed by atoms with van der Waals surface area (Å²) >= 11 is 6.13. The first-order valence-corrected chi connectivity index (χ1v) is 7.27. The fourth-order valence-corrected chi connectivity index (χ4v) is 3.83. The van der Waals surface area contributed by atoms with Crippen molar-refractivity contribution >= 4 is 17.3 Å². The van der Waals surface area contributed by atoms with Crippen LogP contribution in [0.5, 0.6) is 11.5 Å². The van der Waals surface area contributed by atoms with Crippen LogP contribution in [0.2, 0.25) is 5.02 Å². The molecule has 0 saturated heterocycles. The van der Waals surface area contributed by atoms with Gasteiger partial charge in [-0.2, -0.15) is 0 Å². The molecule has 2 fully saturated rings. The number of ether oxygens (including phenoxy) is 2. The minimum Gasteiger partial charge on any atom is -0.495 e. The van der Waals surface area contributed by atoms with Crippen molar-refractivity contribution in [3.05, 3.63) is 17.2 Å². The van der Waals surface area contributed by atoms with Crippen LogP contribution in [-0.2, 0) is 0 Å². The van der Waals surface area contributed by atoms with Crippen LogP contribution in [0.15, 0.2) is 12.1 Å². The van der Waals surface area contributed by atoms with Crippen molar-refractivity contribution in [2.24, 2.45) is 11.8 Å². The van der Waals surface area contributed by atoms with Gasteiger partial charge in [-0.1, -0.05) is 18.0 Å². The molecule has 0 aliphatic heterocycles. The van der Waals surface area contributed by atoms with E-state index in [2.05, 4.69) is 5.32 Å². The van der Waals surface area contributed by atoms with E-state index in [1.165, 1.54) is 25.7 Å². The van der Waals surface area contributed by atoms with Crippen molar-refractivity contribution < 1.29 is 9.47 Å². The molecule has 3 unspecified atom stereocenters. The normalized spacial score (nSPS) is 28.5. The van der Waals surface area contributed by atoms with E-state index in [4.69, 9.17) is 21.1 Å². The predicted molar refractivity (Wildman–Crippen MR) is 77.4 cm³/mol. The summed E-state index contributed by atoms with van der Waals surface area (Å²) in [4.78, 5) is 0. The zero-order chi connectivity index (χ0) is 13.4. The number of hydrogen-bond donors (Lipinski definition) is 1. The molecule has 2 bridgehead atoms. The van der Waals surface area contributed by atoms with Gasteiger partial charge >= 0.3 is 0 Å². The van der Waals surface area contributed by atoms with Crippen molar-refractivity contribution in [1.29, 1.82) is 0 Å². The Kier molecular flexibility index (Phi) is 3.48. The van der Waals surface area contributed by atoms with Crippen molar-refractivity contribution in [3.63, 3.8) is 0 Å². The van der Waals surface area contributed by atoms with Crippen LogP contribution in [0.4, 0.5) is 5.69 Å². The van der Waals surface area contributed by atoms with E-state index in [9.17, 15) is 0 Å². The van der Waals surface area contributed by atoms with Gasteiger partial charge in [0, 0.05) is 18.2 Å². The summed E-state index contributed by atoms with van der Waals surface area (Å²) in [5, 5.41) is 4.21. The van der Waals surface area contributed by atoms with E-state index in [0.717, 1.165) is 23.3 Å². The molecule has 104 valence electrons. The molecule has 0 amide bonds. The van der Waals surface area contributed by atoms with Gasteiger partial charge in [0.15, 0.2) is 0 Å². The fourth-order valence-electron chi connectivity index (χ4n) is 3.59. The molecular formula is C15H20ClNO2. The number of rotatable bonds is 4. The van der Waals surface area contributed by atoms with E-state index in [-0.39, 0.29) is 0 Å². The van der Waals surface area contributed by atoms with E-state index < -0.39 is 0 Å². The second-order valence-electron chi connectivity index (χ2n) is 5.61. The van der Waals surface area contributed by atoms with Crippen LogP contribution in [0.25, 0.3) is 0 Å². The van der Waals surface area contributed by atoms with Crippen LogP contribution in [0, 0.1) is 11.8 Å². The van der Waals surface area contributed by atoms with E-state index >= 15 is 0 Å². The average Bonchev–Trinajstić information content (AvgIpc) is 3.02. The van der Waals surface area contributed by atoms with Gasteiger partial charge in [-0.15, -0.1) is 0 Å². The number of fused-ring (bicyclic) bond motifs is 2. The van der Waals surface area contributed by atoms with E-state index in [1.54, 1.807) is 14.2 Å².